The quantitative estimate of drug-likeness (QED) is 0.780. The molecule has 0 spiro atoms. The molecule has 0 aromatic heterocycles. The Bertz CT molecular complexity index is 253. The monoisotopic (exact) mass is 229 g/mol. The Morgan fingerprint density at radius 1 is 1.62 bits per heavy atom. The fourth-order valence-electron chi connectivity index (χ4n) is 2.49. The summed E-state index contributed by atoms with van der Waals surface area (Å²) in [5.41, 5.74) is -0.189. The first-order valence-electron chi connectivity index (χ1n) is 5.91. The molecule has 0 saturated carbocycles. The molecule has 2 unspecified atom stereocenters. The van der Waals surface area contributed by atoms with Crippen LogP contribution in [0.25, 0.3) is 0 Å². The molecule has 2 atom stereocenters. The SMILES string of the molecule is COC(C)(C)CC(C)N1CCCC1C(=O)O. The van der Waals surface area contributed by atoms with Gasteiger partial charge in [0.05, 0.1) is 5.60 Å². The fourth-order valence-corrected chi connectivity index (χ4v) is 2.49. The van der Waals surface area contributed by atoms with Gasteiger partial charge in [0.25, 0.3) is 0 Å². The zero-order valence-corrected chi connectivity index (χ0v) is 10.7. The van der Waals surface area contributed by atoms with E-state index in [0.717, 1.165) is 25.8 Å². The highest BCUT2D eigenvalue weighted by molar-refractivity contribution is 5.73. The molecular weight excluding hydrogens is 206 g/mol. The van der Waals surface area contributed by atoms with Gasteiger partial charge in [0.15, 0.2) is 0 Å². The van der Waals surface area contributed by atoms with Crippen LogP contribution in [0.4, 0.5) is 0 Å². The third-order valence-corrected chi connectivity index (χ3v) is 3.48. The van der Waals surface area contributed by atoms with Crippen molar-refractivity contribution >= 4 is 5.97 Å². The van der Waals surface area contributed by atoms with Gasteiger partial charge in [-0.25, -0.2) is 0 Å². The average Bonchev–Trinajstić information content (AvgIpc) is 2.65. The number of aliphatic carboxylic acids is 1. The third-order valence-electron chi connectivity index (χ3n) is 3.48. The molecule has 1 saturated heterocycles. The predicted molar refractivity (Wildman–Crippen MR) is 62.5 cm³/mol. The van der Waals surface area contributed by atoms with Crippen molar-refractivity contribution < 1.29 is 14.6 Å². The lowest BCUT2D eigenvalue weighted by Crippen LogP contribution is -2.45. The Morgan fingerprint density at radius 2 is 2.25 bits per heavy atom. The highest BCUT2D eigenvalue weighted by atomic mass is 16.5. The molecule has 1 heterocycles. The predicted octanol–water partition coefficient (Wildman–Crippen LogP) is 1.74. The summed E-state index contributed by atoms with van der Waals surface area (Å²) < 4.78 is 5.39. The molecule has 1 fully saturated rings. The standard InChI is InChI=1S/C12H23NO3/c1-9(8-12(2,3)16-4)13-7-5-6-10(13)11(14)15/h9-10H,5-8H2,1-4H3,(H,14,15). The second-order valence-electron chi connectivity index (χ2n) is 5.25. The van der Waals surface area contributed by atoms with Crippen molar-refractivity contribution in [3.63, 3.8) is 0 Å². The molecule has 1 aliphatic rings. The molecule has 16 heavy (non-hydrogen) atoms. The minimum Gasteiger partial charge on any atom is -0.480 e. The molecule has 94 valence electrons. The van der Waals surface area contributed by atoms with Gasteiger partial charge in [-0.15, -0.1) is 0 Å². The van der Waals surface area contributed by atoms with Crippen LogP contribution in [0.2, 0.25) is 0 Å². The Kier molecular flexibility index (Phi) is 4.33. The number of ether oxygens (including phenoxy) is 1. The van der Waals surface area contributed by atoms with Crippen LogP contribution >= 0.6 is 0 Å². The zero-order chi connectivity index (χ0) is 12.3. The zero-order valence-electron chi connectivity index (χ0n) is 10.7. The lowest BCUT2D eigenvalue weighted by molar-refractivity contribution is -0.143. The van der Waals surface area contributed by atoms with Gasteiger partial charge < -0.3 is 9.84 Å². The van der Waals surface area contributed by atoms with Crippen LogP contribution in [-0.4, -0.2) is 47.3 Å². The third kappa shape index (κ3) is 3.19. The second-order valence-corrected chi connectivity index (χ2v) is 5.25. The van der Waals surface area contributed by atoms with E-state index in [-0.39, 0.29) is 17.7 Å². The van der Waals surface area contributed by atoms with Gasteiger partial charge in [0.2, 0.25) is 0 Å². The first-order chi connectivity index (χ1) is 7.37. The first kappa shape index (κ1) is 13.5. The van der Waals surface area contributed by atoms with Gasteiger partial charge in [-0.05, 0) is 46.6 Å². The molecule has 0 amide bonds. The van der Waals surface area contributed by atoms with Crippen molar-refractivity contribution in [2.45, 2.75) is 57.7 Å². The first-order valence-corrected chi connectivity index (χ1v) is 5.91. The Hall–Kier alpha value is -0.610. The van der Waals surface area contributed by atoms with Crippen molar-refractivity contribution in [3.8, 4) is 0 Å². The number of carboxylic acids is 1. The van der Waals surface area contributed by atoms with Crippen LogP contribution in [0.1, 0.15) is 40.0 Å². The molecule has 0 aliphatic carbocycles. The van der Waals surface area contributed by atoms with Gasteiger partial charge in [-0.3, -0.25) is 9.69 Å². The largest absolute Gasteiger partial charge is 0.480 e. The number of carboxylic acid groups (broad SMARTS) is 1. The highest BCUT2D eigenvalue weighted by Crippen LogP contribution is 2.26. The van der Waals surface area contributed by atoms with Crippen molar-refractivity contribution in [1.29, 1.82) is 0 Å². The molecule has 0 bridgehead atoms. The molecular formula is C12H23NO3. The minimum absolute atomic E-state index is 0.189. The van der Waals surface area contributed by atoms with E-state index in [9.17, 15) is 4.79 Å². The smallest absolute Gasteiger partial charge is 0.320 e. The summed E-state index contributed by atoms with van der Waals surface area (Å²) >= 11 is 0. The molecule has 0 aromatic carbocycles. The maximum Gasteiger partial charge on any atom is 0.320 e. The highest BCUT2D eigenvalue weighted by Gasteiger charge is 2.35. The second kappa shape index (κ2) is 5.15. The van der Waals surface area contributed by atoms with Crippen molar-refractivity contribution in [3.05, 3.63) is 0 Å². The molecule has 1 rings (SSSR count). The van der Waals surface area contributed by atoms with Gasteiger partial charge in [-0.2, -0.15) is 0 Å². The van der Waals surface area contributed by atoms with Crippen LogP contribution in [0.3, 0.4) is 0 Å². The number of rotatable bonds is 5. The van der Waals surface area contributed by atoms with E-state index in [2.05, 4.69) is 11.8 Å². The van der Waals surface area contributed by atoms with Crippen molar-refractivity contribution in [2.75, 3.05) is 13.7 Å². The molecule has 1 aliphatic heterocycles. The Labute approximate surface area is 97.6 Å². The van der Waals surface area contributed by atoms with Gasteiger partial charge in [-0.1, -0.05) is 0 Å². The molecule has 0 radical (unpaired) electrons. The topological polar surface area (TPSA) is 49.8 Å². The summed E-state index contributed by atoms with van der Waals surface area (Å²) in [5, 5.41) is 9.12. The summed E-state index contributed by atoms with van der Waals surface area (Å²) in [6.45, 7) is 7.05. The maximum atomic E-state index is 11.1. The van der Waals surface area contributed by atoms with Crippen LogP contribution < -0.4 is 0 Å². The van der Waals surface area contributed by atoms with Crippen LogP contribution in [0.15, 0.2) is 0 Å². The van der Waals surface area contributed by atoms with E-state index < -0.39 is 5.97 Å². The number of carbonyl (C=O) groups is 1. The van der Waals surface area contributed by atoms with E-state index in [4.69, 9.17) is 9.84 Å². The van der Waals surface area contributed by atoms with E-state index in [0.29, 0.717) is 0 Å². The lowest BCUT2D eigenvalue weighted by atomic mass is 9.98. The normalized spacial score (nSPS) is 24.6. The van der Waals surface area contributed by atoms with Crippen LogP contribution in [0.5, 0.6) is 0 Å². The van der Waals surface area contributed by atoms with Crippen molar-refractivity contribution in [2.24, 2.45) is 0 Å². The average molecular weight is 229 g/mol. The summed E-state index contributed by atoms with van der Waals surface area (Å²) in [5.74, 6) is -0.695. The maximum absolute atomic E-state index is 11.1. The lowest BCUT2D eigenvalue weighted by Gasteiger charge is -2.34. The van der Waals surface area contributed by atoms with E-state index in [1.807, 2.05) is 13.8 Å². The Balaban J connectivity index is 2.59. The summed E-state index contributed by atoms with van der Waals surface area (Å²) in [7, 11) is 1.70. The van der Waals surface area contributed by atoms with Crippen LogP contribution in [-0.2, 0) is 9.53 Å². The van der Waals surface area contributed by atoms with Crippen LogP contribution in [0, 0.1) is 0 Å². The number of hydrogen-bond donors (Lipinski definition) is 1. The number of hydrogen-bond acceptors (Lipinski definition) is 3. The molecule has 4 nitrogen and oxygen atoms in total. The van der Waals surface area contributed by atoms with Gasteiger partial charge in [0, 0.05) is 13.2 Å². The minimum atomic E-state index is -0.695. The number of likely N-dealkylation sites (tertiary alicyclic amines) is 1. The molecule has 4 heteroatoms. The fraction of sp³-hybridized carbons (Fsp3) is 0.917. The summed E-state index contributed by atoms with van der Waals surface area (Å²) in [6, 6.07) is -0.0544. The van der Waals surface area contributed by atoms with E-state index >= 15 is 0 Å². The number of nitrogens with zero attached hydrogens (tertiary/aromatic N) is 1. The molecule has 0 aromatic rings. The van der Waals surface area contributed by atoms with Gasteiger partial charge in [0.1, 0.15) is 6.04 Å². The van der Waals surface area contributed by atoms with Gasteiger partial charge >= 0.3 is 5.97 Å². The Morgan fingerprint density at radius 3 is 2.75 bits per heavy atom. The summed E-state index contributed by atoms with van der Waals surface area (Å²) in [4.78, 5) is 13.2. The van der Waals surface area contributed by atoms with E-state index in [1.54, 1.807) is 7.11 Å². The molecule has 1 N–H and O–H groups in total. The summed E-state index contributed by atoms with van der Waals surface area (Å²) in [6.07, 6.45) is 2.61. The number of methoxy groups -OCH3 is 1. The van der Waals surface area contributed by atoms with Crippen molar-refractivity contribution in [1.82, 2.24) is 4.90 Å². The van der Waals surface area contributed by atoms with E-state index in [1.165, 1.54) is 0 Å².